The first-order valence-corrected chi connectivity index (χ1v) is 6.89. The molecule has 0 aromatic rings. The fraction of sp³-hybridized carbons (Fsp3) is 0.800. The summed E-state index contributed by atoms with van der Waals surface area (Å²) >= 11 is 1.63. The van der Waals surface area contributed by atoms with Crippen LogP contribution in [0.5, 0.6) is 0 Å². The third-order valence-electron chi connectivity index (χ3n) is 2.69. The number of hydrogen-bond acceptors (Lipinski definition) is 5. The van der Waals surface area contributed by atoms with Crippen molar-refractivity contribution in [1.82, 2.24) is 4.90 Å². The topological polar surface area (TPSA) is 98.7 Å². The summed E-state index contributed by atoms with van der Waals surface area (Å²) in [6, 6.07) is -1.25. The minimum Gasteiger partial charge on any atom is -0.377 e. The molecule has 1 aliphatic heterocycles. The monoisotopic (exact) mass is 261 g/mol. The summed E-state index contributed by atoms with van der Waals surface area (Å²) in [5, 5.41) is 0. The van der Waals surface area contributed by atoms with Gasteiger partial charge in [-0.15, -0.1) is 0 Å². The Balaban J connectivity index is 2.61. The first-order chi connectivity index (χ1) is 8.07. The average Bonchev–Trinajstić information content (AvgIpc) is 2.34. The van der Waals surface area contributed by atoms with Crippen LogP contribution >= 0.6 is 11.8 Å². The SMILES string of the molecule is CSCC[C@@H](N)C(=O)N1CCOCC1C(N)=O. The summed E-state index contributed by atoms with van der Waals surface area (Å²) in [4.78, 5) is 24.7. The lowest BCUT2D eigenvalue weighted by atomic mass is 10.1. The van der Waals surface area contributed by atoms with E-state index in [-0.39, 0.29) is 12.5 Å². The summed E-state index contributed by atoms with van der Waals surface area (Å²) in [5.74, 6) is 0.0552. The molecular formula is C10H19N3O3S. The Morgan fingerprint density at radius 2 is 2.29 bits per heavy atom. The largest absolute Gasteiger partial charge is 0.377 e. The van der Waals surface area contributed by atoms with Gasteiger partial charge in [0.25, 0.3) is 0 Å². The zero-order chi connectivity index (χ0) is 12.8. The van der Waals surface area contributed by atoms with Crippen molar-refractivity contribution < 1.29 is 14.3 Å². The number of primary amides is 1. The van der Waals surface area contributed by atoms with Crippen LogP contribution in [0.2, 0.25) is 0 Å². The first-order valence-electron chi connectivity index (χ1n) is 5.50. The number of carbonyl (C=O) groups is 2. The molecule has 2 amide bonds. The maximum absolute atomic E-state index is 12.0. The maximum Gasteiger partial charge on any atom is 0.242 e. The van der Waals surface area contributed by atoms with Gasteiger partial charge in [-0.1, -0.05) is 0 Å². The van der Waals surface area contributed by atoms with Crippen LogP contribution in [0, 0.1) is 0 Å². The molecule has 0 spiro atoms. The lowest BCUT2D eigenvalue weighted by Gasteiger charge is -2.35. The second-order valence-electron chi connectivity index (χ2n) is 3.91. The number of nitrogens with two attached hydrogens (primary N) is 2. The van der Waals surface area contributed by atoms with Gasteiger partial charge in [-0.05, 0) is 18.4 Å². The van der Waals surface area contributed by atoms with E-state index in [1.165, 1.54) is 4.90 Å². The zero-order valence-corrected chi connectivity index (χ0v) is 10.7. The Kier molecular flexibility index (Phi) is 5.73. The van der Waals surface area contributed by atoms with Crippen molar-refractivity contribution in [3.63, 3.8) is 0 Å². The molecule has 1 saturated heterocycles. The number of hydrogen-bond donors (Lipinski definition) is 2. The highest BCUT2D eigenvalue weighted by Crippen LogP contribution is 2.10. The predicted octanol–water partition coefficient (Wildman–Crippen LogP) is -1.22. The quantitative estimate of drug-likeness (QED) is 0.646. The van der Waals surface area contributed by atoms with E-state index in [9.17, 15) is 9.59 Å². The molecule has 0 aliphatic carbocycles. The van der Waals surface area contributed by atoms with Crippen molar-refractivity contribution in [2.45, 2.75) is 18.5 Å². The third-order valence-corrected chi connectivity index (χ3v) is 3.33. The summed E-state index contributed by atoms with van der Waals surface area (Å²) in [6.45, 7) is 0.959. The van der Waals surface area contributed by atoms with Gasteiger partial charge >= 0.3 is 0 Å². The van der Waals surface area contributed by atoms with Crippen LogP contribution in [0.1, 0.15) is 6.42 Å². The molecule has 4 N–H and O–H groups in total. The lowest BCUT2D eigenvalue weighted by Crippen LogP contribution is -2.58. The van der Waals surface area contributed by atoms with Crippen molar-refractivity contribution in [2.75, 3.05) is 31.8 Å². The number of amides is 2. The van der Waals surface area contributed by atoms with Gasteiger partial charge in [-0.2, -0.15) is 11.8 Å². The molecule has 0 bridgehead atoms. The van der Waals surface area contributed by atoms with Gasteiger partial charge < -0.3 is 21.1 Å². The molecule has 7 heteroatoms. The van der Waals surface area contributed by atoms with Crippen LogP contribution in [-0.4, -0.2) is 60.6 Å². The van der Waals surface area contributed by atoms with Gasteiger partial charge in [0.2, 0.25) is 11.8 Å². The molecule has 1 unspecified atom stereocenters. The van der Waals surface area contributed by atoms with Gasteiger partial charge in [0.1, 0.15) is 6.04 Å². The molecule has 1 aliphatic rings. The minimum atomic E-state index is -0.684. The van der Waals surface area contributed by atoms with E-state index in [1.54, 1.807) is 11.8 Å². The number of ether oxygens (including phenoxy) is 1. The molecule has 1 fully saturated rings. The Bertz CT molecular complexity index is 288. The van der Waals surface area contributed by atoms with Gasteiger partial charge in [0, 0.05) is 6.54 Å². The Morgan fingerprint density at radius 3 is 2.88 bits per heavy atom. The van der Waals surface area contributed by atoms with E-state index in [0.717, 1.165) is 5.75 Å². The third kappa shape index (κ3) is 3.86. The smallest absolute Gasteiger partial charge is 0.242 e. The Hall–Kier alpha value is -0.790. The molecule has 98 valence electrons. The average molecular weight is 261 g/mol. The van der Waals surface area contributed by atoms with E-state index in [1.807, 2.05) is 6.26 Å². The number of rotatable bonds is 5. The van der Waals surface area contributed by atoms with Crippen LogP contribution in [0.3, 0.4) is 0 Å². The first kappa shape index (κ1) is 14.3. The molecule has 0 aromatic heterocycles. The summed E-state index contributed by atoms with van der Waals surface area (Å²) in [7, 11) is 0. The highest BCUT2D eigenvalue weighted by molar-refractivity contribution is 7.98. The molecule has 17 heavy (non-hydrogen) atoms. The normalized spacial score (nSPS) is 22.2. The number of thioether (sulfide) groups is 1. The van der Waals surface area contributed by atoms with Crippen LogP contribution in [0.25, 0.3) is 0 Å². The van der Waals surface area contributed by atoms with Crippen LogP contribution < -0.4 is 11.5 Å². The predicted molar refractivity (Wildman–Crippen MR) is 66.5 cm³/mol. The van der Waals surface area contributed by atoms with E-state index in [0.29, 0.717) is 19.6 Å². The number of nitrogens with zero attached hydrogens (tertiary/aromatic N) is 1. The highest BCUT2D eigenvalue weighted by Gasteiger charge is 2.33. The molecule has 0 aromatic carbocycles. The van der Waals surface area contributed by atoms with Crippen molar-refractivity contribution in [3.8, 4) is 0 Å². The van der Waals surface area contributed by atoms with Gasteiger partial charge in [0.15, 0.2) is 0 Å². The van der Waals surface area contributed by atoms with E-state index < -0.39 is 18.0 Å². The standard InChI is InChI=1S/C10H19N3O3S/c1-17-5-2-7(11)10(15)13-3-4-16-6-8(13)9(12)14/h7-8H,2-6,11H2,1H3,(H2,12,14)/t7-,8?/m1/s1. The van der Waals surface area contributed by atoms with Crippen molar-refractivity contribution in [1.29, 1.82) is 0 Å². The molecule has 1 rings (SSSR count). The fourth-order valence-corrected chi connectivity index (χ4v) is 2.17. The second kappa shape index (κ2) is 6.83. The van der Waals surface area contributed by atoms with Crippen molar-refractivity contribution in [3.05, 3.63) is 0 Å². The summed E-state index contributed by atoms with van der Waals surface area (Å²) in [5.41, 5.74) is 11.0. The Morgan fingerprint density at radius 1 is 1.59 bits per heavy atom. The van der Waals surface area contributed by atoms with Gasteiger partial charge in [-0.25, -0.2) is 0 Å². The van der Waals surface area contributed by atoms with E-state index >= 15 is 0 Å². The second-order valence-corrected chi connectivity index (χ2v) is 4.90. The molecule has 1 heterocycles. The zero-order valence-electron chi connectivity index (χ0n) is 9.93. The number of morpholine rings is 1. The molecule has 0 radical (unpaired) electrons. The van der Waals surface area contributed by atoms with Crippen LogP contribution in [-0.2, 0) is 14.3 Å². The number of carbonyl (C=O) groups excluding carboxylic acids is 2. The van der Waals surface area contributed by atoms with Gasteiger partial charge in [0.05, 0.1) is 19.3 Å². The van der Waals surface area contributed by atoms with Crippen molar-refractivity contribution in [2.24, 2.45) is 11.5 Å². The lowest BCUT2D eigenvalue weighted by molar-refractivity contribution is -0.148. The molecule has 6 nitrogen and oxygen atoms in total. The van der Waals surface area contributed by atoms with Crippen LogP contribution in [0.4, 0.5) is 0 Å². The van der Waals surface area contributed by atoms with Crippen LogP contribution in [0.15, 0.2) is 0 Å². The summed E-state index contributed by atoms with van der Waals surface area (Å²) in [6.07, 6.45) is 2.56. The van der Waals surface area contributed by atoms with E-state index in [4.69, 9.17) is 16.2 Å². The van der Waals surface area contributed by atoms with Gasteiger partial charge in [-0.3, -0.25) is 9.59 Å². The minimum absolute atomic E-state index is 0.163. The summed E-state index contributed by atoms with van der Waals surface area (Å²) < 4.78 is 5.15. The highest BCUT2D eigenvalue weighted by atomic mass is 32.2. The molecule has 2 atom stereocenters. The van der Waals surface area contributed by atoms with Crippen molar-refractivity contribution >= 4 is 23.6 Å². The Labute approximate surface area is 105 Å². The molecule has 0 saturated carbocycles. The fourth-order valence-electron chi connectivity index (χ4n) is 1.68. The van der Waals surface area contributed by atoms with E-state index in [2.05, 4.69) is 0 Å². The maximum atomic E-state index is 12.0. The molecular weight excluding hydrogens is 242 g/mol.